The summed E-state index contributed by atoms with van der Waals surface area (Å²) in [7, 11) is 0. The Labute approximate surface area is 84.0 Å². The van der Waals surface area contributed by atoms with Gasteiger partial charge >= 0.3 is 0 Å². The molecule has 1 heterocycles. The number of hydrogen-bond donors (Lipinski definition) is 1. The molecule has 1 aliphatic carbocycles. The minimum absolute atomic E-state index is 0.801. The SMILES string of the molecule is NCC1CCC(c2ccsc2)CC1. The van der Waals surface area contributed by atoms with Crippen molar-refractivity contribution in [3.05, 3.63) is 22.4 Å². The van der Waals surface area contributed by atoms with Crippen molar-refractivity contribution in [1.82, 2.24) is 0 Å². The van der Waals surface area contributed by atoms with Gasteiger partial charge in [0.2, 0.25) is 0 Å². The van der Waals surface area contributed by atoms with Gasteiger partial charge in [-0.1, -0.05) is 0 Å². The molecule has 2 rings (SSSR count). The number of hydrogen-bond acceptors (Lipinski definition) is 2. The van der Waals surface area contributed by atoms with Crippen LogP contribution in [0.3, 0.4) is 0 Å². The van der Waals surface area contributed by atoms with Crippen molar-refractivity contribution in [3.63, 3.8) is 0 Å². The van der Waals surface area contributed by atoms with E-state index in [1.165, 1.54) is 25.7 Å². The zero-order valence-corrected chi connectivity index (χ0v) is 8.72. The zero-order valence-electron chi connectivity index (χ0n) is 7.91. The van der Waals surface area contributed by atoms with Crippen LogP contribution in [0.1, 0.15) is 37.2 Å². The third-order valence-electron chi connectivity index (χ3n) is 3.19. The number of thiophene rings is 1. The lowest BCUT2D eigenvalue weighted by Gasteiger charge is -2.27. The molecular formula is C11H17NS. The Kier molecular flexibility index (Phi) is 3.01. The van der Waals surface area contributed by atoms with E-state index in [1.807, 2.05) is 11.3 Å². The van der Waals surface area contributed by atoms with Gasteiger partial charge in [-0.25, -0.2) is 0 Å². The summed E-state index contributed by atoms with van der Waals surface area (Å²) in [5, 5.41) is 4.48. The van der Waals surface area contributed by atoms with Gasteiger partial charge in [0.15, 0.2) is 0 Å². The van der Waals surface area contributed by atoms with Gasteiger partial charge in [0.1, 0.15) is 0 Å². The van der Waals surface area contributed by atoms with E-state index < -0.39 is 0 Å². The summed E-state index contributed by atoms with van der Waals surface area (Å²) < 4.78 is 0. The molecule has 0 amide bonds. The second kappa shape index (κ2) is 4.25. The highest BCUT2D eigenvalue weighted by molar-refractivity contribution is 7.07. The molecule has 1 nitrogen and oxygen atoms in total. The van der Waals surface area contributed by atoms with Crippen molar-refractivity contribution in [2.24, 2.45) is 11.7 Å². The fraction of sp³-hybridized carbons (Fsp3) is 0.636. The third kappa shape index (κ3) is 2.12. The van der Waals surface area contributed by atoms with Crippen LogP contribution >= 0.6 is 11.3 Å². The summed E-state index contributed by atoms with van der Waals surface area (Å²) in [4.78, 5) is 0. The average Bonchev–Trinajstić information content (AvgIpc) is 2.71. The van der Waals surface area contributed by atoms with Crippen molar-refractivity contribution < 1.29 is 0 Å². The lowest BCUT2D eigenvalue weighted by atomic mass is 9.79. The van der Waals surface area contributed by atoms with Crippen LogP contribution in [0.25, 0.3) is 0 Å². The zero-order chi connectivity index (χ0) is 9.10. The van der Waals surface area contributed by atoms with Crippen molar-refractivity contribution in [1.29, 1.82) is 0 Å². The maximum absolute atomic E-state index is 5.67. The van der Waals surface area contributed by atoms with E-state index in [1.54, 1.807) is 5.56 Å². The van der Waals surface area contributed by atoms with Gasteiger partial charge in [-0.15, -0.1) is 0 Å². The molecule has 1 aromatic heterocycles. The minimum atomic E-state index is 0.801. The van der Waals surface area contributed by atoms with Gasteiger partial charge in [0.25, 0.3) is 0 Å². The van der Waals surface area contributed by atoms with E-state index in [-0.39, 0.29) is 0 Å². The highest BCUT2D eigenvalue weighted by Crippen LogP contribution is 2.35. The third-order valence-corrected chi connectivity index (χ3v) is 3.90. The fourth-order valence-electron chi connectivity index (χ4n) is 2.24. The Bertz CT molecular complexity index is 235. The van der Waals surface area contributed by atoms with E-state index in [9.17, 15) is 0 Å². The molecule has 0 saturated heterocycles. The predicted octanol–water partition coefficient (Wildman–Crippen LogP) is 2.98. The van der Waals surface area contributed by atoms with E-state index in [4.69, 9.17) is 5.73 Å². The summed E-state index contributed by atoms with van der Waals surface area (Å²) in [6, 6.07) is 2.28. The van der Waals surface area contributed by atoms with Crippen molar-refractivity contribution in [2.75, 3.05) is 6.54 Å². The van der Waals surface area contributed by atoms with Gasteiger partial charge in [-0.05, 0) is 66.5 Å². The van der Waals surface area contributed by atoms with Crippen molar-refractivity contribution in [3.8, 4) is 0 Å². The summed E-state index contributed by atoms with van der Waals surface area (Å²) >= 11 is 1.82. The highest BCUT2D eigenvalue weighted by Gasteiger charge is 2.21. The molecule has 72 valence electrons. The summed E-state index contributed by atoms with van der Waals surface area (Å²) in [6.07, 6.45) is 5.35. The Balaban J connectivity index is 1.92. The van der Waals surface area contributed by atoms with Crippen LogP contribution in [0.4, 0.5) is 0 Å². The molecule has 0 aliphatic heterocycles. The Hall–Kier alpha value is -0.340. The van der Waals surface area contributed by atoms with E-state index in [2.05, 4.69) is 16.8 Å². The Morgan fingerprint density at radius 1 is 1.31 bits per heavy atom. The first kappa shape index (κ1) is 9.22. The summed E-state index contributed by atoms with van der Waals surface area (Å²) in [5.74, 6) is 1.63. The molecule has 0 spiro atoms. The van der Waals surface area contributed by atoms with Crippen LogP contribution in [0.2, 0.25) is 0 Å². The predicted molar refractivity (Wildman–Crippen MR) is 58.1 cm³/mol. The van der Waals surface area contributed by atoms with Crippen LogP contribution < -0.4 is 5.73 Å². The standard InChI is InChI=1S/C11H17NS/c12-7-9-1-3-10(4-2-9)11-5-6-13-8-11/h5-6,8-10H,1-4,7,12H2. The van der Waals surface area contributed by atoms with Gasteiger partial charge < -0.3 is 5.73 Å². The Morgan fingerprint density at radius 3 is 2.62 bits per heavy atom. The van der Waals surface area contributed by atoms with Gasteiger partial charge in [0.05, 0.1) is 0 Å². The topological polar surface area (TPSA) is 26.0 Å². The molecule has 1 fully saturated rings. The highest BCUT2D eigenvalue weighted by atomic mass is 32.1. The Morgan fingerprint density at radius 2 is 2.08 bits per heavy atom. The van der Waals surface area contributed by atoms with Crippen LogP contribution in [0, 0.1) is 5.92 Å². The van der Waals surface area contributed by atoms with Crippen molar-refractivity contribution >= 4 is 11.3 Å². The first-order valence-electron chi connectivity index (χ1n) is 5.12. The lowest BCUT2D eigenvalue weighted by Crippen LogP contribution is -2.20. The minimum Gasteiger partial charge on any atom is -0.330 e. The normalized spacial score (nSPS) is 29.0. The molecule has 0 radical (unpaired) electrons. The average molecular weight is 195 g/mol. The van der Waals surface area contributed by atoms with Crippen LogP contribution in [0.5, 0.6) is 0 Å². The van der Waals surface area contributed by atoms with Gasteiger partial charge in [0, 0.05) is 0 Å². The summed E-state index contributed by atoms with van der Waals surface area (Å²) in [6.45, 7) is 0.885. The second-order valence-corrected chi connectivity index (χ2v) is 4.79. The van der Waals surface area contributed by atoms with E-state index in [0.29, 0.717) is 0 Å². The van der Waals surface area contributed by atoms with Crippen LogP contribution in [0.15, 0.2) is 16.8 Å². The van der Waals surface area contributed by atoms with E-state index >= 15 is 0 Å². The quantitative estimate of drug-likeness (QED) is 0.771. The maximum Gasteiger partial charge on any atom is -0.00489 e. The number of rotatable bonds is 2. The molecule has 1 aliphatic rings. The van der Waals surface area contributed by atoms with Crippen LogP contribution in [-0.4, -0.2) is 6.54 Å². The molecule has 2 N–H and O–H groups in total. The fourth-order valence-corrected chi connectivity index (χ4v) is 2.98. The molecule has 0 unspecified atom stereocenters. The van der Waals surface area contributed by atoms with Crippen molar-refractivity contribution in [2.45, 2.75) is 31.6 Å². The first-order valence-corrected chi connectivity index (χ1v) is 6.06. The smallest absolute Gasteiger partial charge is 0.00489 e. The largest absolute Gasteiger partial charge is 0.330 e. The molecular weight excluding hydrogens is 178 g/mol. The van der Waals surface area contributed by atoms with Gasteiger partial charge in [-0.2, -0.15) is 11.3 Å². The molecule has 1 aromatic rings. The second-order valence-electron chi connectivity index (χ2n) is 4.01. The van der Waals surface area contributed by atoms with Crippen LogP contribution in [-0.2, 0) is 0 Å². The summed E-state index contributed by atoms with van der Waals surface area (Å²) in [5.41, 5.74) is 7.23. The molecule has 0 aromatic carbocycles. The van der Waals surface area contributed by atoms with E-state index in [0.717, 1.165) is 18.4 Å². The molecule has 13 heavy (non-hydrogen) atoms. The molecule has 1 saturated carbocycles. The maximum atomic E-state index is 5.67. The molecule has 2 heteroatoms. The molecule has 0 bridgehead atoms. The number of nitrogens with two attached hydrogens (primary N) is 1. The monoisotopic (exact) mass is 195 g/mol. The molecule has 0 atom stereocenters. The lowest BCUT2D eigenvalue weighted by molar-refractivity contribution is 0.333. The van der Waals surface area contributed by atoms with Gasteiger partial charge in [-0.3, -0.25) is 0 Å². The first-order chi connectivity index (χ1) is 6.40.